The van der Waals surface area contributed by atoms with Gasteiger partial charge in [0.2, 0.25) is 5.91 Å². The molecule has 3 N–H and O–H groups in total. The van der Waals surface area contributed by atoms with Gasteiger partial charge in [0, 0.05) is 0 Å². The summed E-state index contributed by atoms with van der Waals surface area (Å²) in [5, 5.41) is 2.51. The Labute approximate surface area is 130 Å². The summed E-state index contributed by atoms with van der Waals surface area (Å²) >= 11 is 0. The second-order valence-corrected chi connectivity index (χ2v) is 5.19. The number of nitrogens with two attached hydrogens (primary N) is 1. The molecule has 2 amide bonds. The fraction of sp³-hybridized carbons (Fsp3) is 0.412. The maximum Gasteiger partial charge on any atom is 0.254 e. The first-order chi connectivity index (χ1) is 10.6. The molecule has 0 radical (unpaired) electrons. The number of hydrogen-bond acceptors (Lipinski definition) is 2. The number of carbonyl (C=O) groups is 2. The van der Waals surface area contributed by atoms with Crippen molar-refractivity contribution in [2.75, 3.05) is 0 Å². The van der Waals surface area contributed by atoms with Crippen LogP contribution < -0.4 is 11.1 Å². The van der Waals surface area contributed by atoms with Crippen molar-refractivity contribution in [1.29, 1.82) is 0 Å². The first-order valence-electron chi connectivity index (χ1n) is 7.52. The van der Waals surface area contributed by atoms with E-state index in [1.54, 1.807) is 6.07 Å². The van der Waals surface area contributed by atoms with Gasteiger partial charge >= 0.3 is 0 Å². The molecule has 0 saturated carbocycles. The van der Waals surface area contributed by atoms with Crippen molar-refractivity contribution in [3.8, 4) is 0 Å². The van der Waals surface area contributed by atoms with Crippen LogP contribution in [0, 0.1) is 5.82 Å². The summed E-state index contributed by atoms with van der Waals surface area (Å²) < 4.78 is 13.5. The predicted octanol–water partition coefficient (Wildman–Crippen LogP) is 2.94. The zero-order valence-corrected chi connectivity index (χ0v) is 12.7. The van der Waals surface area contributed by atoms with Crippen LogP contribution in [0.2, 0.25) is 0 Å². The molecule has 1 rings (SSSR count). The SMILES string of the molecule is C=CCCCCCC[C@H](NC(=O)c1ccccc1F)C(N)=O. The van der Waals surface area contributed by atoms with Gasteiger partial charge in [0.25, 0.3) is 5.91 Å². The van der Waals surface area contributed by atoms with Crippen LogP contribution in [0.1, 0.15) is 48.9 Å². The van der Waals surface area contributed by atoms with Crippen molar-refractivity contribution in [1.82, 2.24) is 5.32 Å². The van der Waals surface area contributed by atoms with Crippen LogP contribution in [-0.2, 0) is 4.79 Å². The highest BCUT2D eigenvalue weighted by molar-refractivity contribution is 5.97. The number of rotatable bonds is 10. The van der Waals surface area contributed by atoms with Gasteiger partial charge in [0.15, 0.2) is 0 Å². The lowest BCUT2D eigenvalue weighted by Gasteiger charge is -2.15. The molecule has 120 valence electrons. The van der Waals surface area contributed by atoms with Gasteiger partial charge < -0.3 is 11.1 Å². The van der Waals surface area contributed by atoms with E-state index in [0.29, 0.717) is 6.42 Å². The molecule has 0 aliphatic rings. The second-order valence-electron chi connectivity index (χ2n) is 5.19. The van der Waals surface area contributed by atoms with Crippen LogP contribution in [-0.4, -0.2) is 17.9 Å². The van der Waals surface area contributed by atoms with E-state index in [1.165, 1.54) is 18.2 Å². The number of unbranched alkanes of at least 4 members (excludes halogenated alkanes) is 4. The van der Waals surface area contributed by atoms with E-state index in [9.17, 15) is 14.0 Å². The van der Waals surface area contributed by atoms with Crippen LogP contribution in [0.15, 0.2) is 36.9 Å². The smallest absolute Gasteiger partial charge is 0.254 e. The number of nitrogens with one attached hydrogen (secondary N) is 1. The maximum atomic E-state index is 13.5. The number of hydrogen-bond donors (Lipinski definition) is 2. The van der Waals surface area contributed by atoms with Crippen molar-refractivity contribution < 1.29 is 14.0 Å². The van der Waals surface area contributed by atoms with Gasteiger partial charge in [-0.3, -0.25) is 9.59 Å². The molecule has 1 aromatic carbocycles. The van der Waals surface area contributed by atoms with E-state index in [1.807, 2.05) is 6.08 Å². The van der Waals surface area contributed by atoms with Crippen molar-refractivity contribution >= 4 is 11.8 Å². The lowest BCUT2D eigenvalue weighted by Crippen LogP contribution is -2.44. The third-order valence-corrected chi connectivity index (χ3v) is 3.42. The minimum Gasteiger partial charge on any atom is -0.368 e. The molecule has 0 aliphatic carbocycles. The Morgan fingerprint density at radius 1 is 1.23 bits per heavy atom. The van der Waals surface area contributed by atoms with Crippen molar-refractivity contribution in [3.05, 3.63) is 48.3 Å². The highest BCUT2D eigenvalue weighted by atomic mass is 19.1. The van der Waals surface area contributed by atoms with E-state index in [-0.39, 0.29) is 5.56 Å². The quantitative estimate of drug-likeness (QED) is 0.515. The summed E-state index contributed by atoms with van der Waals surface area (Å²) in [6, 6.07) is 4.87. The molecule has 0 saturated heterocycles. The Kier molecular flexibility index (Phi) is 7.89. The summed E-state index contributed by atoms with van der Waals surface area (Å²) in [7, 11) is 0. The van der Waals surface area contributed by atoms with Crippen LogP contribution in [0.5, 0.6) is 0 Å². The van der Waals surface area contributed by atoms with Gasteiger partial charge in [-0.05, 0) is 31.4 Å². The molecule has 0 aliphatic heterocycles. The standard InChI is InChI=1S/C17H23FN2O2/c1-2-3-4-5-6-7-12-15(16(19)21)20-17(22)13-10-8-9-11-14(13)18/h2,8-11,15H,1,3-7,12H2,(H2,19,21)(H,20,22)/t15-/m0/s1. The first-order valence-corrected chi connectivity index (χ1v) is 7.52. The minimum atomic E-state index is -0.772. The molecule has 0 bridgehead atoms. The predicted molar refractivity (Wildman–Crippen MR) is 84.7 cm³/mol. The largest absolute Gasteiger partial charge is 0.368 e. The lowest BCUT2D eigenvalue weighted by atomic mass is 10.1. The Balaban J connectivity index is 2.47. The minimum absolute atomic E-state index is 0.0836. The van der Waals surface area contributed by atoms with Crippen molar-refractivity contribution in [3.63, 3.8) is 0 Å². The maximum absolute atomic E-state index is 13.5. The molecule has 22 heavy (non-hydrogen) atoms. The zero-order valence-electron chi connectivity index (χ0n) is 12.7. The third-order valence-electron chi connectivity index (χ3n) is 3.42. The molecule has 0 heterocycles. The Morgan fingerprint density at radius 3 is 2.55 bits per heavy atom. The number of primary amides is 1. The average molecular weight is 306 g/mol. The highest BCUT2D eigenvalue weighted by Crippen LogP contribution is 2.10. The van der Waals surface area contributed by atoms with Crippen LogP contribution in [0.25, 0.3) is 0 Å². The topological polar surface area (TPSA) is 72.2 Å². The molecule has 0 fully saturated rings. The Bertz CT molecular complexity index is 517. The van der Waals surface area contributed by atoms with Gasteiger partial charge in [-0.2, -0.15) is 0 Å². The summed E-state index contributed by atoms with van der Waals surface area (Å²) in [6.45, 7) is 3.66. The van der Waals surface area contributed by atoms with Gasteiger partial charge in [-0.25, -0.2) is 4.39 Å². The molecular formula is C17H23FN2O2. The number of benzene rings is 1. The highest BCUT2D eigenvalue weighted by Gasteiger charge is 2.20. The number of amides is 2. The lowest BCUT2D eigenvalue weighted by molar-refractivity contribution is -0.120. The van der Waals surface area contributed by atoms with Crippen LogP contribution in [0.4, 0.5) is 4.39 Å². The van der Waals surface area contributed by atoms with Gasteiger partial charge in [0.1, 0.15) is 11.9 Å². The summed E-state index contributed by atoms with van der Waals surface area (Å²) in [5.74, 6) is -1.84. The van der Waals surface area contributed by atoms with E-state index in [2.05, 4.69) is 11.9 Å². The number of allylic oxidation sites excluding steroid dienone is 1. The molecule has 1 aromatic rings. The number of halogens is 1. The molecular weight excluding hydrogens is 283 g/mol. The van der Waals surface area contributed by atoms with Gasteiger partial charge in [-0.15, -0.1) is 6.58 Å². The molecule has 0 aromatic heterocycles. The fourth-order valence-electron chi connectivity index (χ4n) is 2.16. The zero-order chi connectivity index (χ0) is 16.4. The van der Waals surface area contributed by atoms with Crippen molar-refractivity contribution in [2.45, 2.75) is 44.6 Å². The fourth-order valence-corrected chi connectivity index (χ4v) is 2.16. The second kappa shape index (κ2) is 9.71. The molecule has 5 heteroatoms. The average Bonchev–Trinajstić information content (AvgIpc) is 2.49. The van der Waals surface area contributed by atoms with Crippen LogP contribution >= 0.6 is 0 Å². The van der Waals surface area contributed by atoms with E-state index in [4.69, 9.17) is 5.73 Å². The summed E-state index contributed by atoms with van der Waals surface area (Å²) in [6.07, 6.45) is 7.15. The Hall–Kier alpha value is -2.17. The normalized spacial score (nSPS) is 11.7. The van der Waals surface area contributed by atoms with Gasteiger partial charge in [-0.1, -0.05) is 37.5 Å². The van der Waals surface area contributed by atoms with Gasteiger partial charge in [0.05, 0.1) is 5.56 Å². The first kappa shape index (κ1) is 17.9. The molecule has 0 spiro atoms. The summed E-state index contributed by atoms with van der Waals surface area (Å²) in [4.78, 5) is 23.4. The summed E-state index contributed by atoms with van der Waals surface area (Å²) in [5.41, 5.74) is 5.22. The van der Waals surface area contributed by atoms with E-state index >= 15 is 0 Å². The number of carbonyl (C=O) groups excluding carboxylic acids is 2. The molecule has 0 unspecified atom stereocenters. The monoisotopic (exact) mass is 306 g/mol. The third kappa shape index (κ3) is 6.08. The van der Waals surface area contributed by atoms with Crippen molar-refractivity contribution in [2.24, 2.45) is 5.73 Å². The molecule has 4 nitrogen and oxygen atoms in total. The van der Waals surface area contributed by atoms with E-state index < -0.39 is 23.7 Å². The van der Waals surface area contributed by atoms with E-state index in [0.717, 1.165) is 32.1 Å². The molecule has 1 atom stereocenters. The van der Waals surface area contributed by atoms with Crippen LogP contribution in [0.3, 0.4) is 0 Å². The Morgan fingerprint density at radius 2 is 1.91 bits per heavy atom.